The van der Waals surface area contributed by atoms with Crippen LogP contribution >= 0.6 is 0 Å². The van der Waals surface area contributed by atoms with Crippen LogP contribution in [0.3, 0.4) is 0 Å². The second-order valence-corrected chi connectivity index (χ2v) is 2.75. The molecule has 12 heavy (non-hydrogen) atoms. The Hall–Kier alpha value is -1.06. The molecule has 0 bridgehead atoms. The fourth-order valence-corrected chi connectivity index (χ4v) is 1.07. The van der Waals surface area contributed by atoms with Crippen LogP contribution in [0.15, 0.2) is 18.2 Å². The summed E-state index contributed by atoms with van der Waals surface area (Å²) in [4.78, 5) is 0. The zero-order valence-corrected chi connectivity index (χ0v) is 7.29. The summed E-state index contributed by atoms with van der Waals surface area (Å²) in [6.07, 6.45) is 0. The lowest BCUT2D eigenvalue weighted by molar-refractivity contribution is -0.774. The van der Waals surface area contributed by atoms with Gasteiger partial charge in [-0.3, -0.25) is 0 Å². The highest BCUT2D eigenvalue weighted by atomic mass is 16.5. The molecule has 0 radical (unpaired) electrons. The lowest BCUT2D eigenvalue weighted by Crippen LogP contribution is -3.01. The van der Waals surface area contributed by atoms with Gasteiger partial charge in [0.15, 0.2) is 11.4 Å². The first-order valence-electron chi connectivity index (χ1n) is 3.98. The zero-order chi connectivity index (χ0) is 9.14. The molecule has 0 spiro atoms. The molecule has 1 aromatic carbocycles. The van der Waals surface area contributed by atoms with E-state index in [4.69, 9.17) is 0 Å². The van der Waals surface area contributed by atoms with Crippen LogP contribution in [0.5, 0.6) is 5.75 Å². The summed E-state index contributed by atoms with van der Waals surface area (Å²) in [7, 11) is 0. The molecular weight excluding hydrogens is 154 g/mol. The van der Waals surface area contributed by atoms with Crippen molar-refractivity contribution in [1.82, 2.24) is 0 Å². The smallest absolute Gasteiger partial charge is 0.180 e. The Morgan fingerprint density at radius 1 is 1.50 bits per heavy atom. The standard InChI is InChI=1S/C9H13NO2/c1-3-10(12)8-6-4-5-7(2)9(8)11/h4-6,10-11H,3H2,1-2H3. The molecule has 0 aliphatic rings. The molecule has 1 unspecified atom stereocenters. The minimum absolute atomic E-state index is 0.0174. The van der Waals surface area contributed by atoms with Crippen molar-refractivity contribution in [3.8, 4) is 5.75 Å². The molecule has 0 saturated heterocycles. The number of hydroxylamine groups is 1. The van der Waals surface area contributed by atoms with Gasteiger partial charge in [-0.05, 0) is 19.4 Å². The largest absolute Gasteiger partial charge is 0.629 e. The minimum atomic E-state index is -0.0174. The molecule has 1 rings (SSSR count). The number of phenols is 1. The monoisotopic (exact) mass is 167 g/mol. The van der Waals surface area contributed by atoms with Gasteiger partial charge in [-0.1, -0.05) is 12.1 Å². The normalized spacial score (nSPS) is 12.9. The van der Waals surface area contributed by atoms with E-state index >= 15 is 0 Å². The number of hydrogen-bond donors (Lipinski definition) is 2. The van der Waals surface area contributed by atoms with Gasteiger partial charge in [0.05, 0.1) is 6.54 Å². The molecule has 2 N–H and O–H groups in total. The SMILES string of the molecule is CC[NH+]([O-])c1cccc(C)c1O. The van der Waals surface area contributed by atoms with Crippen molar-refractivity contribution >= 4 is 5.69 Å². The minimum Gasteiger partial charge on any atom is -0.629 e. The van der Waals surface area contributed by atoms with E-state index < -0.39 is 0 Å². The van der Waals surface area contributed by atoms with Crippen molar-refractivity contribution in [2.75, 3.05) is 6.54 Å². The Kier molecular flexibility index (Phi) is 2.68. The van der Waals surface area contributed by atoms with E-state index in [-0.39, 0.29) is 10.8 Å². The Balaban J connectivity index is 3.07. The second-order valence-electron chi connectivity index (χ2n) is 2.75. The summed E-state index contributed by atoms with van der Waals surface area (Å²) in [5.74, 6) is 0.115. The second kappa shape index (κ2) is 3.56. The maximum atomic E-state index is 11.2. The van der Waals surface area contributed by atoms with Gasteiger partial charge in [-0.25, -0.2) is 0 Å². The van der Waals surface area contributed by atoms with Gasteiger partial charge in [0.1, 0.15) is 0 Å². The number of benzene rings is 1. The third-order valence-corrected chi connectivity index (χ3v) is 1.86. The highest BCUT2D eigenvalue weighted by Crippen LogP contribution is 2.22. The van der Waals surface area contributed by atoms with Gasteiger partial charge < -0.3 is 15.4 Å². The lowest BCUT2D eigenvalue weighted by Gasteiger charge is -2.20. The third kappa shape index (κ3) is 1.57. The van der Waals surface area contributed by atoms with Crippen LogP contribution in [0.4, 0.5) is 5.69 Å². The Morgan fingerprint density at radius 2 is 2.17 bits per heavy atom. The number of aromatic hydroxyl groups is 1. The number of phenolic OH excluding ortho intramolecular Hbond substituents is 1. The predicted molar refractivity (Wildman–Crippen MR) is 47.4 cm³/mol. The van der Waals surface area contributed by atoms with Crippen molar-refractivity contribution in [2.45, 2.75) is 13.8 Å². The summed E-state index contributed by atoms with van der Waals surface area (Å²) in [6, 6.07) is 5.20. The molecule has 0 aliphatic heterocycles. The highest BCUT2D eigenvalue weighted by Gasteiger charge is 2.08. The van der Waals surface area contributed by atoms with Crippen LogP contribution in [0.25, 0.3) is 0 Å². The molecule has 1 atom stereocenters. The van der Waals surface area contributed by atoms with Crippen LogP contribution in [0.1, 0.15) is 12.5 Å². The van der Waals surface area contributed by atoms with Gasteiger partial charge >= 0.3 is 0 Å². The van der Waals surface area contributed by atoms with Gasteiger partial charge in [0, 0.05) is 6.07 Å². The van der Waals surface area contributed by atoms with E-state index in [1.165, 1.54) is 0 Å². The number of nitrogens with one attached hydrogen (secondary N) is 1. The van der Waals surface area contributed by atoms with E-state index in [9.17, 15) is 10.3 Å². The molecule has 0 heterocycles. The molecule has 1 aromatic rings. The van der Waals surface area contributed by atoms with E-state index in [0.29, 0.717) is 12.2 Å². The molecule has 0 amide bonds. The first-order valence-corrected chi connectivity index (χ1v) is 3.98. The summed E-state index contributed by atoms with van der Waals surface area (Å²) in [6.45, 7) is 3.99. The summed E-state index contributed by atoms with van der Waals surface area (Å²) in [5.41, 5.74) is 1.17. The summed E-state index contributed by atoms with van der Waals surface area (Å²) in [5, 5.41) is 20.7. The Morgan fingerprint density at radius 3 is 2.75 bits per heavy atom. The highest BCUT2D eigenvalue weighted by molar-refractivity contribution is 5.49. The van der Waals surface area contributed by atoms with Gasteiger partial charge in [0.25, 0.3) is 0 Å². The van der Waals surface area contributed by atoms with Crippen LogP contribution < -0.4 is 5.06 Å². The molecule has 3 nitrogen and oxygen atoms in total. The third-order valence-electron chi connectivity index (χ3n) is 1.86. The van der Waals surface area contributed by atoms with Crippen molar-refractivity contribution in [3.05, 3.63) is 29.0 Å². The quantitative estimate of drug-likeness (QED) is 0.504. The molecule has 0 aliphatic carbocycles. The number of para-hydroxylation sites is 1. The van der Waals surface area contributed by atoms with Crippen molar-refractivity contribution in [3.63, 3.8) is 0 Å². The predicted octanol–water partition coefficient (Wildman–Crippen LogP) is 0.735. The first-order chi connectivity index (χ1) is 5.66. The summed E-state index contributed by atoms with van der Waals surface area (Å²) >= 11 is 0. The van der Waals surface area contributed by atoms with E-state index in [2.05, 4.69) is 0 Å². The number of rotatable bonds is 2. The maximum Gasteiger partial charge on any atom is 0.180 e. The van der Waals surface area contributed by atoms with Gasteiger partial charge in [-0.15, -0.1) is 0 Å². The average Bonchev–Trinajstić information content (AvgIpc) is 2.08. The average molecular weight is 167 g/mol. The van der Waals surface area contributed by atoms with Gasteiger partial charge in [-0.2, -0.15) is 0 Å². The summed E-state index contributed by atoms with van der Waals surface area (Å²) < 4.78 is 0. The van der Waals surface area contributed by atoms with Crippen molar-refractivity contribution in [1.29, 1.82) is 0 Å². The topological polar surface area (TPSA) is 47.7 Å². The molecule has 0 aromatic heterocycles. The number of hydrogen-bond acceptors (Lipinski definition) is 2. The van der Waals surface area contributed by atoms with Crippen LogP contribution in [-0.2, 0) is 0 Å². The van der Waals surface area contributed by atoms with Crippen molar-refractivity contribution < 1.29 is 10.2 Å². The molecular formula is C9H13NO2. The van der Waals surface area contributed by atoms with E-state index in [0.717, 1.165) is 5.56 Å². The molecule has 3 heteroatoms. The fourth-order valence-electron chi connectivity index (χ4n) is 1.07. The first kappa shape index (κ1) is 9.03. The van der Waals surface area contributed by atoms with E-state index in [1.54, 1.807) is 32.0 Å². The maximum absolute atomic E-state index is 11.2. The van der Waals surface area contributed by atoms with Crippen molar-refractivity contribution in [2.24, 2.45) is 0 Å². The molecule has 0 fully saturated rings. The van der Waals surface area contributed by atoms with Crippen LogP contribution in [-0.4, -0.2) is 11.7 Å². The van der Waals surface area contributed by atoms with Gasteiger partial charge in [0.2, 0.25) is 0 Å². The lowest BCUT2D eigenvalue weighted by atomic mass is 10.2. The Bertz CT molecular complexity index is 273. The number of aryl methyl sites for hydroxylation is 1. The number of quaternary nitrogens is 1. The van der Waals surface area contributed by atoms with Crippen LogP contribution in [0.2, 0.25) is 0 Å². The van der Waals surface area contributed by atoms with Crippen LogP contribution in [0, 0.1) is 12.1 Å². The molecule has 0 saturated carbocycles. The Labute approximate surface area is 71.8 Å². The van der Waals surface area contributed by atoms with E-state index in [1.807, 2.05) is 0 Å². The fraction of sp³-hybridized carbons (Fsp3) is 0.333. The molecule has 66 valence electrons. The zero-order valence-electron chi connectivity index (χ0n) is 7.29.